The lowest BCUT2D eigenvalue weighted by Crippen LogP contribution is -1.93. The molecule has 0 aliphatic carbocycles. The largest absolute Gasteiger partial charge is 0.320 e. The number of nitrogens with two attached hydrogens (primary N) is 1. The van der Waals surface area contributed by atoms with Crippen molar-refractivity contribution in [2.24, 2.45) is 5.73 Å². The van der Waals surface area contributed by atoms with Gasteiger partial charge in [0.05, 0.1) is 6.54 Å². The van der Waals surface area contributed by atoms with E-state index >= 15 is 0 Å². The van der Waals surface area contributed by atoms with Gasteiger partial charge in [-0.15, -0.1) is 0 Å². The minimum Gasteiger partial charge on any atom is -0.320 e. The SMILES string of the molecule is NCC#Cc1ccccc1-c1ccccc1. The van der Waals surface area contributed by atoms with Crippen molar-refractivity contribution in [3.63, 3.8) is 0 Å². The average molecular weight is 207 g/mol. The third kappa shape index (κ3) is 2.31. The third-order valence-corrected chi connectivity index (χ3v) is 2.34. The minimum atomic E-state index is 0.392. The van der Waals surface area contributed by atoms with E-state index in [1.165, 1.54) is 5.56 Å². The maximum Gasteiger partial charge on any atom is 0.0555 e. The van der Waals surface area contributed by atoms with Crippen molar-refractivity contribution in [2.45, 2.75) is 0 Å². The standard InChI is InChI=1S/C15H13N/c16-12-6-10-14-9-4-5-11-15(14)13-7-2-1-3-8-13/h1-5,7-9,11H,12,16H2. The predicted molar refractivity (Wildman–Crippen MR) is 67.8 cm³/mol. The van der Waals surface area contributed by atoms with Crippen LogP contribution >= 0.6 is 0 Å². The fraction of sp³-hybridized carbons (Fsp3) is 0.0667. The Kier molecular flexibility index (Phi) is 3.38. The fourth-order valence-corrected chi connectivity index (χ4v) is 1.61. The summed E-state index contributed by atoms with van der Waals surface area (Å²) in [5.74, 6) is 5.99. The molecule has 0 bridgehead atoms. The van der Waals surface area contributed by atoms with Gasteiger partial charge in [0.2, 0.25) is 0 Å². The summed E-state index contributed by atoms with van der Waals surface area (Å²) in [6.45, 7) is 0.392. The number of hydrogen-bond acceptors (Lipinski definition) is 1. The van der Waals surface area contributed by atoms with E-state index in [1.54, 1.807) is 0 Å². The number of benzene rings is 2. The van der Waals surface area contributed by atoms with E-state index in [0.29, 0.717) is 6.54 Å². The summed E-state index contributed by atoms with van der Waals surface area (Å²) >= 11 is 0. The molecule has 0 radical (unpaired) electrons. The molecule has 0 heterocycles. The summed E-state index contributed by atoms with van der Waals surface area (Å²) in [5.41, 5.74) is 8.76. The Labute approximate surface area is 95.9 Å². The molecule has 0 aliphatic rings. The zero-order chi connectivity index (χ0) is 11.2. The Morgan fingerprint density at radius 2 is 1.56 bits per heavy atom. The van der Waals surface area contributed by atoms with Crippen LogP contribution in [-0.2, 0) is 0 Å². The summed E-state index contributed by atoms with van der Waals surface area (Å²) in [6.07, 6.45) is 0. The summed E-state index contributed by atoms with van der Waals surface area (Å²) < 4.78 is 0. The van der Waals surface area contributed by atoms with Gasteiger partial charge in [-0.3, -0.25) is 0 Å². The first-order valence-corrected chi connectivity index (χ1v) is 5.25. The molecule has 78 valence electrons. The molecule has 0 atom stereocenters. The van der Waals surface area contributed by atoms with E-state index in [4.69, 9.17) is 5.73 Å². The normalized spacial score (nSPS) is 9.31. The smallest absolute Gasteiger partial charge is 0.0555 e. The Balaban J connectivity index is 2.49. The van der Waals surface area contributed by atoms with Gasteiger partial charge in [-0.2, -0.15) is 0 Å². The minimum absolute atomic E-state index is 0.392. The monoisotopic (exact) mass is 207 g/mol. The van der Waals surface area contributed by atoms with Crippen molar-refractivity contribution in [3.05, 3.63) is 60.2 Å². The van der Waals surface area contributed by atoms with Crippen LogP contribution in [0.25, 0.3) is 11.1 Å². The van der Waals surface area contributed by atoms with Crippen LogP contribution in [0.2, 0.25) is 0 Å². The Morgan fingerprint density at radius 1 is 0.875 bits per heavy atom. The van der Waals surface area contributed by atoms with Crippen molar-refractivity contribution >= 4 is 0 Å². The molecule has 16 heavy (non-hydrogen) atoms. The maximum absolute atomic E-state index is 5.39. The van der Waals surface area contributed by atoms with Crippen molar-refractivity contribution in [3.8, 4) is 23.0 Å². The second kappa shape index (κ2) is 5.16. The van der Waals surface area contributed by atoms with E-state index in [9.17, 15) is 0 Å². The van der Waals surface area contributed by atoms with Gasteiger partial charge in [0.1, 0.15) is 0 Å². The highest BCUT2D eigenvalue weighted by molar-refractivity contribution is 5.70. The molecule has 2 aromatic carbocycles. The quantitative estimate of drug-likeness (QED) is 0.715. The molecule has 2 aromatic rings. The summed E-state index contributed by atoms with van der Waals surface area (Å²) in [5, 5.41) is 0. The Hall–Kier alpha value is -2.04. The van der Waals surface area contributed by atoms with Gasteiger partial charge in [0.25, 0.3) is 0 Å². The van der Waals surface area contributed by atoms with Crippen molar-refractivity contribution in [1.82, 2.24) is 0 Å². The molecule has 0 aliphatic heterocycles. The molecule has 0 spiro atoms. The maximum atomic E-state index is 5.39. The molecule has 0 unspecified atom stereocenters. The molecule has 0 fully saturated rings. The number of rotatable bonds is 1. The first kappa shape index (κ1) is 10.5. The van der Waals surface area contributed by atoms with E-state index in [-0.39, 0.29) is 0 Å². The first-order chi connectivity index (χ1) is 7.92. The van der Waals surface area contributed by atoms with Crippen LogP contribution in [-0.4, -0.2) is 6.54 Å². The molecule has 0 saturated carbocycles. The highest BCUT2D eigenvalue weighted by Gasteiger charge is 2.00. The Morgan fingerprint density at radius 3 is 2.31 bits per heavy atom. The molecule has 0 aromatic heterocycles. The fourth-order valence-electron chi connectivity index (χ4n) is 1.61. The van der Waals surface area contributed by atoms with Gasteiger partial charge < -0.3 is 5.73 Å². The van der Waals surface area contributed by atoms with Crippen LogP contribution in [0, 0.1) is 11.8 Å². The van der Waals surface area contributed by atoms with E-state index < -0.39 is 0 Å². The zero-order valence-electron chi connectivity index (χ0n) is 8.98. The molecule has 2 rings (SSSR count). The predicted octanol–water partition coefficient (Wildman–Crippen LogP) is 2.66. The van der Waals surface area contributed by atoms with Gasteiger partial charge in [0.15, 0.2) is 0 Å². The average Bonchev–Trinajstić information content (AvgIpc) is 2.38. The molecule has 0 amide bonds. The summed E-state index contributed by atoms with van der Waals surface area (Å²) in [6, 6.07) is 18.4. The third-order valence-electron chi connectivity index (χ3n) is 2.34. The Bertz CT molecular complexity index is 518. The van der Waals surface area contributed by atoms with E-state index in [0.717, 1.165) is 11.1 Å². The first-order valence-electron chi connectivity index (χ1n) is 5.25. The number of hydrogen-bond donors (Lipinski definition) is 1. The molecule has 2 N–H and O–H groups in total. The van der Waals surface area contributed by atoms with Crippen LogP contribution < -0.4 is 5.73 Å². The molecule has 1 heteroatoms. The molecular weight excluding hydrogens is 194 g/mol. The summed E-state index contributed by atoms with van der Waals surface area (Å²) in [7, 11) is 0. The van der Waals surface area contributed by atoms with Gasteiger partial charge in [-0.1, -0.05) is 60.4 Å². The van der Waals surface area contributed by atoms with Gasteiger partial charge in [-0.25, -0.2) is 0 Å². The molecule has 1 nitrogen and oxygen atoms in total. The van der Waals surface area contributed by atoms with Crippen LogP contribution in [0.1, 0.15) is 5.56 Å². The lowest BCUT2D eigenvalue weighted by molar-refractivity contribution is 1.30. The van der Waals surface area contributed by atoms with E-state index in [1.807, 2.05) is 36.4 Å². The second-order valence-electron chi connectivity index (χ2n) is 3.42. The lowest BCUT2D eigenvalue weighted by Gasteiger charge is -2.03. The molecule has 0 saturated heterocycles. The lowest BCUT2D eigenvalue weighted by atomic mass is 10.0. The van der Waals surface area contributed by atoms with Crippen LogP contribution in [0.3, 0.4) is 0 Å². The van der Waals surface area contributed by atoms with E-state index in [2.05, 4.69) is 30.0 Å². The van der Waals surface area contributed by atoms with Gasteiger partial charge >= 0.3 is 0 Å². The van der Waals surface area contributed by atoms with Crippen LogP contribution in [0.4, 0.5) is 0 Å². The second-order valence-corrected chi connectivity index (χ2v) is 3.42. The summed E-state index contributed by atoms with van der Waals surface area (Å²) in [4.78, 5) is 0. The zero-order valence-corrected chi connectivity index (χ0v) is 8.98. The van der Waals surface area contributed by atoms with Crippen LogP contribution in [0.5, 0.6) is 0 Å². The van der Waals surface area contributed by atoms with Crippen molar-refractivity contribution in [1.29, 1.82) is 0 Å². The van der Waals surface area contributed by atoms with Gasteiger partial charge in [0, 0.05) is 5.56 Å². The highest BCUT2D eigenvalue weighted by atomic mass is 14.5. The topological polar surface area (TPSA) is 26.0 Å². The van der Waals surface area contributed by atoms with Crippen molar-refractivity contribution < 1.29 is 0 Å². The van der Waals surface area contributed by atoms with Crippen molar-refractivity contribution in [2.75, 3.05) is 6.54 Å². The molecular formula is C15H13N. The van der Waals surface area contributed by atoms with Gasteiger partial charge in [-0.05, 0) is 17.2 Å². The highest BCUT2D eigenvalue weighted by Crippen LogP contribution is 2.22. The van der Waals surface area contributed by atoms with Crippen LogP contribution in [0.15, 0.2) is 54.6 Å².